The Hall–Kier alpha value is -2.40. The number of ether oxygens (including phenoxy) is 1. The molecule has 1 saturated heterocycles. The van der Waals surface area contributed by atoms with Gasteiger partial charge in [-0.25, -0.2) is 0 Å². The molecule has 2 unspecified atom stereocenters. The summed E-state index contributed by atoms with van der Waals surface area (Å²) >= 11 is 0. The van der Waals surface area contributed by atoms with Crippen LogP contribution in [0.5, 0.6) is 0 Å². The molecule has 0 spiro atoms. The summed E-state index contributed by atoms with van der Waals surface area (Å²) in [5.74, 6) is -0.0649. The normalized spacial score (nSPS) is 20.8. The van der Waals surface area contributed by atoms with Crippen molar-refractivity contribution in [3.8, 4) is 0 Å². The van der Waals surface area contributed by atoms with Crippen LogP contribution < -0.4 is 5.56 Å². The molecule has 1 aliphatic rings. The van der Waals surface area contributed by atoms with E-state index in [2.05, 4.69) is 0 Å². The minimum atomic E-state index is -0.152. The van der Waals surface area contributed by atoms with Crippen molar-refractivity contribution in [2.24, 2.45) is 0 Å². The van der Waals surface area contributed by atoms with Crippen molar-refractivity contribution in [2.45, 2.75) is 32.5 Å². The lowest BCUT2D eigenvalue weighted by Gasteiger charge is -2.39. The molecule has 2 heterocycles. The van der Waals surface area contributed by atoms with Gasteiger partial charge in [-0.05, 0) is 31.0 Å². The largest absolute Gasteiger partial charge is 0.374 e. The maximum Gasteiger partial charge on any atom is 0.251 e. The summed E-state index contributed by atoms with van der Waals surface area (Å²) in [4.78, 5) is 26.7. The van der Waals surface area contributed by atoms with Crippen molar-refractivity contribution in [1.29, 1.82) is 0 Å². The first-order chi connectivity index (χ1) is 11.5. The van der Waals surface area contributed by atoms with Gasteiger partial charge < -0.3 is 14.2 Å². The molecule has 1 fully saturated rings. The van der Waals surface area contributed by atoms with Crippen LogP contribution in [0.2, 0.25) is 0 Å². The summed E-state index contributed by atoms with van der Waals surface area (Å²) in [6.07, 6.45) is 1.67. The number of pyridine rings is 1. The highest BCUT2D eigenvalue weighted by Gasteiger charge is 2.31. The Balaban J connectivity index is 1.83. The first kappa shape index (κ1) is 16.5. The van der Waals surface area contributed by atoms with E-state index in [0.29, 0.717) is 13.2 Å². The van der Waals surface area contributed by atoms with Gasteiger partial charge in [-0.3, -0.25) is 9.59 Å². The van der Waals surface area contributed by atoms with Crippen LogP contribution in [0.25, 0.3) is 0 Å². The number of rotatable bonds is 3. The van der Waals surface area contributed by atoms with Crippen molar-refractivity contribution in [3.05, 3.63) is 70.1 Å². The lowest BCUT2D eigenvalue weighted by atomic mass is 10.0. The Morgan fingerprint density at radius 3 is 2.71 bits per heavy atom. The van der Waals surface area contributed by atoms with Crippen molar-refractivity contribution < 1.29 is 9.53 Å². The molecular weight excluding hydrogens is 304 g/mol. The van der Waals surface area contributed by atoms with Gasteiger partial charge in [0.25, 0.3) is 5.56 Å². The van der Waals surface area contributed by atoms with Crippen LogP contribution >= 0.6 is 0 Å². The molecule has 0 radical (unpaired) electrons. The molecule has 5 heteroatoms. The number of morpholine rings is 1. The van der Waals surface area contributed by atoms with Crippen LogP contribution in [0.4, 0.5) is 0 Å². The van der Waals surface area contributed by atoms with E-state index >= 15 is 0 Å². The smallest absolute Gasteiger partial charge is 0.251 e. The third kappa shape index (κ3) is 3.57. The molecule has 1 aliphatic heterocycles. The Morgan fingerprint density at radius 2 is 2.00 bits per heavy atom. The molecule has 24 heavy (non-hydrogen) atoms. The molecule has 1 aromatic carbocycles. The molecule has 1 amide bonds. The number of nitrogens with zero attached hydrogens (tertiary/aromatic N) is 2. The number of amides is 1. The SMILES string of the molecule is Cc1ccn(CC(=O)N2CC(C)OCC2c2ccccc2)c(=O)c1. The summed E-state index contributed by atoms with van der Waals surface area (Å²) in [5.41, 5.74) is 1.79. The fourth-order valence-electron chi connectivity index (χ4n) is 3.00. The van der Waals surface area contributed by atoms with E-state index in [4.69, 9.17) is 4.74 Å². The average Bonchev–Trinajstić information content (AvgIpc) is 2.58. The summed E-state index contributed by atoms with van der Waals surface area (Å²) in [6.45, 7) is 4.87. The number of hydrogen-bond acceptors (Lipinski definition) is 3. The molecule has 0 aliphatic carbocycles. The maximum atomic E-state index is 12.8. The molecule has 1 aromatic heterocycles. The third-order valence-electron chi connectivity index (χ3n) is 4.33. The highest BCUT2D eigenvalue weighted by Crippen LogP contribution is 2.26. The molecule has 2 aromatic rings. The van der Waals surface area contributed by atoms with Gasteiger partial charge in [-0.2, -0.15) is 0 Å². The van der Waals surface area contributed by atoms with Crippen LogP contribution in [0, 0.1) is 6.92 Å². The second kappa shape index (κ2) is 7.01. The van der Waals surface area contributed by atoms with Crippen LogP contribution in [0.15, 0.2) is 53.5 Å². The first-order valence-corrected chi connectivity index (χ1v) is 8.17. The third-order valence-corrected chi connectivity index (χ3v) is 4.33. The van der Waals surface area contributed by atoms with E-state index in [1.54, 1.807) is 12.3 Å². The maximum absolute atomic E-state index is 12.8. The van der Waals surface area contributed by atoms with E-state index < -0.39 is 0 Å². The van der Waals surface area contributed by atoms with Gasteiger partial charge in [0.2, 0.25) is 5.91 Å². The molecule has 2 atom stereocenters. The quantitative estimate of drug-likeness (QED) is 0.868. The topological polar surface area (TPSA) is 51.5 Å². The Labute approximate surface area is 141 Å². The molecule has 126 valence electrons. The van der Waals surface area contributed by atoms with E-state index in [1.807, 2.05) is 55.1 Å². The number of aryl methyl sites for hydroxylation is 1. The zero-order chi connectivity index (χ0) is 17.1. The number of carbonyl (C=O) groups excluding carboxylic acids is 1. The molecule has 3 rings (SSSR count). The average molecular weight is 326 g/mol. The molecule has 0 saturated carbocycles. The molecule has 0 bridgehead atoms. The minimum absolute atomic E-state index is 0.0105. The van der Waals surface area contributed by atoms with Gasteiger partial charge in [0.05, 0.1) is 18.8 Å². The standard InChI is InChI=1S/C19H22N2O3/c1-14-8-9-20(18(22)10-14)12-19(23)21-11-15(2)24-13-17(21)16-6-4-3-5-7-16/h3-10,15,17H,11-13H2,1-2H3. The summed E-state index contributed by atoms with van der Waals surface area (Å²) in [5, 5.41) is 0. The van der Waals surface area contributed by atoms with Gasteiger partial charge in [0, 0.05) is 18.8 Å². The monoisotopic (exact) mass is 326 g/mol. The fraction of sp³-hybridized carbons (Fsp3) is 0.368. The highest BCUT2D eigenvalue weighted by molar-refractivity contribution is 5.76. The fourth-order valence-corrected chi connectivity index (χ4v) is 3.00. The zero-order valence-electron chi connectivity index (χ0n) is 14.0. The lowest BCUT2D eigenvalue weighted by Crippen LogP contribution is -2.48. The number of hydrogen-bond donors (Lipinski definition) is 0. The van der Waals surface area contributed by atoms with Gasteiger partial charge >= 0.3 is 0 Å². The van der Waals surface area contributed by atoms with Crippen molar-refractivity contribution in [3.63, 3.8) is 0 Å². The van der Waals surface area contributed by atoms with Crippen LogP contribution in [-0.2, 0) is 16.1 Å². The van der Waals surface area contributed by atoms with Crippen LogP contribution in [0.1, 0.15) is 24.1 Å². The number of benzene rings is 1. The van der Waals surface area contributed by atoms with Crippen molar-refractivity contribution >= 4 is 5.91 Å². The van der Waals surface area contributed by atoms with Crippen LogP contribution in [0.3, 0.4) is 0 Å². The van der Waals surface area contributed by atoms with Gasteiger partial charge in [-0.15, -0.1) is 0 Å². The second-order valence-electron chi connectivity index (χ2n) is 6.29. The molecule has 0 N–H and O–H groups in total. The van der Waals surface area contributed by atoms with Gasteiger partial charge in [0.1, 0.15) is 6.54 Å². The predicted octanol–water partition coefficient (Wildman–Crippen LogP) is 2.15. The van der Waals surface area contributed by atoms with E-state index in [0.717, 1.165) is 11.1 Å². The minimum Gasteiger partial charge on any atom is -0.374 e. The van der Waals surface area contributed by atoms with Gasteiger partial charge in [0.15, 0.2) is 0 Å². The Morgan fingerprint density at radius 1 is 1.25 bits per heavy atom. The van der Waals surface area contributed by atoms with E-state index in [1.165, 1.54) is 4.57 Å². The van der Waals surface area contributed by atoms with Gasteiger partial charge in [-0.1, -0.05) is 30.3 Å². The summed E-state index contributed by atoms with van der Waals surface area (Å²) in [7, 11) is 0. The predicted molar refractivity (Wildman–Crippen MR) is 91.7 cm³/mol. The Kier molecular flexibility index (Phi) is 4.81. The molecule has 5 nitrogen and oxygen atoms in total. The zero-order valence-corrected chi connectivity index (χ0v) is 14.0. The highest BCUT2D eigenvalue weighted by atomic mass is 16.5. The first-order valence-electron chi connectivity index (χ1n) is 8.17. The summed E-state index contributed by atoms with van der Waals surface area (Å²) < 4.78 is 7.21. The number of carbonyl (C=O) groups is 1. The van der Waals surface area contributed by atoms with E-state index in [9.17, 15) is 9.59 Å². The number of aromatic nitrogens is 1. The summed E-state index contributed by atoms with van der Waals surface area (Å²) in [6, 6.07) is 13.1. The second-order valence-corrected chi connectivity index (χ2v) is 6.29. The van der Waals surface area contributed by atoms with E-state index in [-0.39, 0.29) is 30.2 Å². The lowest BCUT2D eigenvalue weighted by molar-refractivity contribution is -0.145. The molecular formula is C19H22N2O3. The van der Waals surface area contributed by atoms with Crippen molar-refractivity contribution in [1.82, 2.24) is 9.47 Å². The van der Waals surface area contributed by atoms with Crippen LogP contribution in [-0.4, -0.2) is 34.6 Å². The Bertz CT molecular complexity index is 770. The van der Waals surface area contributed by atoms with Crippen molar-refractivity contribution in [2.75, 3.05) is 13.2 Å².